The van der Waals surface area contributed by atoms with Gasteiger partial charge in [0.2, 0.25) is 0 Å². The Labute approximate surface area is 119 Å². The molecule has 0 spiro atoms. The highest BCUT2D eigenvalue weighted by Gasteiger charge is 2.23. The third kappa shape index (κ3) is 2.69. The molecule has 0 saturated carbocycles. The van der Waals surface area contributed by atoms with Gasteiger partial charge in [0.05, 0.1) is 16.6 Å². The Hall–Kier alpha value is -2.51. The summed E-state index contributed by atoms with van der Waals surface area (Å²) >= 11 is 0. The highest BCUT2D eigenvalue weighted by molar-refractivity contribution is 6.07. The summed E-state index contributed by atoms with van der Waals surface area (Å²) in [5.74, 6) is -2.08. The average Bonchev–Trinajstić information content (AvgIpc) is 2.69. The van der Waals surface area contributed by atoms with E-state index in [9.17, 15) is 14.0 Å². The van der Waals surface area contributed by atoms with Crippen molar-refractivity contribution < 1.29 is 19.1 Å². The summed E-state index contributed by atoms with van der Waals surface area (Å²) in [4.78, 5) is 27.4. The average molecular weight is 294 g/mol. The number of nitrogens with zero attached hydrogens (tertiary/aromatic N) is 3. The molecule has 1 unspecified atom stereocenters. The molecule has 2 N–H and O–H groups in total. The highest BCUT2D eigenvalue weighted by Crippen LogP contribution is 2.21. The molecular weight excluding hydrogens is 279 g/mol. The fourth-order valence-electron chi connectivity index (χ4n) is 2.15. The van der Waals surface area contributed by atoms with Crippen LogP contribution in [-0.2, 0) is 11.8 Å². The predicted octanol–water partition coefficient (Wildman–Crippen LogP) is 0.738. The first kappa shape index (κ1) is 14.9. The van der Waals surface area contributed by atoms with Gasteiger partial charge in [0.15, 0.2) is 11.7 Å². The number of aryl methyl sites for hydroxylation is 3. The summed E-state index contributed by atoms with van der Waals surface area (Å²) in [7, 11) is 1.70. The number of carboxylic acid groups (broad SMARTS) is 1. The molecule has 112 valence electrons. The molecule has 8 heteroatoms. The van der Waals surface area contributed by atoms with E-state index in [4.69, 9.17) is 5.11 Å². The summed E-state index contributed by atoms with van der Waals surface area (Å²) in [6.45, 7) is 2.25. The second-order valence-electron chi connectivity index (χ2n) is 4.74. The number of nitrogens with one attached hydrogen (secondary N) is 1. The first-order chi connectivity index (χ1) is 9.85. The first-order valence-electron chi connectivity index (χ1n) is 6.25. The van der Waals surface area contributed by atoms with Gasteiger partial charge in [-0.3, -0.25) is 9.48 Å². The minimum atomic E-state index is -1.57. The summed E-state index contributed by atoms with van der Waals surface area (Å²) < 4.78 is 14.2. The number of hydrogen-bond acceptors (Lipinski definition) is 4. The van der Waals surface area contributed by atoms with Crippen LogP contribution in [-0.4, -0.2) is 44.5 Å². The fraction of sp³-hybridized carbons (Fsp3) is 0.385. The second-order valence-corrected chi connectivity index (χ2v) is 4.74. The number of pyridine rings is 1. The summed E-state index contributed by atoms with van der Waals surface area (Å²) in [6.07, 6.45) is 0. The molecule has 1 atom stereocenters. The van der Waals surface area contributed by atoms with E-state index in [1.165, 1.54) is 10.7 Å². The van der Waals surface area contributed by atoms with Gasteiger partial charge in [0.25, 0.3) is 5.91 Å². The number of halogens is 1. The minimum Gasteiger partial charge on any atom is -0.480 e. The second kappa shape index (κ2) is 5.47. The SMILES string of the molecule is Cc1cc(C(=O)NC(CF)C(=O)O)c2c(C)nn(C)c2n1. The number of carbonyl (C=O) groups is 2. The van der Waals surface area contributed by atoms with E-state index < -0.39 is 24.6 Å². The van der Waals surface area contributed by atoms with Crippen molar-refractivity contribution in [3.63, 3.8) is 0 Å². The molecule has 2 heterocycles. The standard InChI is InChI=1S/C13H15FN4O3/c1-6-4-8(12(19)16-9(5-14)13(20)21)10-7(2)17-18(3)11(10)15-6/h4,9H,5H2,1-3H3,(H,16,19)(H,20,21). The molecule has 0 radical (unpaired) electrons. The Morgan fingerprint density at radius 2 is 2.14 bits per heavy atom. The smallest absolute Gasteiger partial charge is 0.328 e. The van der Waals surface area contributed by atoms with Crippen LogP contribution in [0.15, 0.2) is 6.07 Å². The molecule has 2 aromatic heterocycles. The largest absolute Gasteiger partial charge is 0.480 e. The van der Waals surface area contributed by atoms with Crippen molar-refractivity contribution in [3.8, 4) is 0 Å². The lowest BCUT2D eigenvalue weighted by Gasteiger charge is -2.12. The molecular formula is C13H15FN4O3. The number of fused-ring (bicyclic) bond motifs is 1. The van der Waals surface area contributed by atoms with Crippen LogP contribution in [0.1, 0.15) is 21.7 Å². The zero-order valence-electron chi connectivity index (χ0n) is 11.8. The van der Waals surface area contributed by atoms with Gasteiger partial charge in [-0.2, -0.15) is 5.10 Å². The van der Waals surface area contributed by atoms with Crippen LogP contribution in [0.25, 0.3) is 11.0 Å². The van der Waals surface area contributed by atoms with Gasteiger partial charge in [0, 0.05) is 12.7 Å². The van der Waals surface area contributed by atoms with E-state index in [0.29, 0.717) is 22.4 Å². The monoisotopic (exact) mass is 294 g/mol. The Bertz CT molecular complexity index is 726. The number of carbonyl (C=O) groups excluding carboxylic acids is 1. The summed E-state index contributed by atoms with van der Waals surface area (Å²) in [5.41, 5.74) is 1.94. The van der Waals surface area contributed by atoms with Crippen molar-refractivity contribution in [3.05, 3.63) is 23.0 Å². The zero-order valence-corrected chi connectivity index (χ0v) is 11.8. The Balaban J connectivity index is 2.50. The molecule has 0 aliphatic heterocycles. The Morgan fingerprint density at radius 3 is 2.71 bits per heavy atom. The predicted molar refractivity (Wildman–Crippen MR) is 72.8 cm³/mol. The summed E-state index contributed by atoms with van der Waals surface area (Å²) in [6, 6.07) is -0.0401. The maximum absolute atomic E-state index is 12.6. The normalized spacial score (nSPS) is 12.4. The lowest BCUT2D eigenvalue weighted by molar-refractivity contribution is -0.139. The zero-order chi connectivity index (χ0) is 15.7. The van der Waals surface area contributed by atoms with Crippen molar-refractivity contribution in [2.24, 2.45) is 7.05 Å². The molecule has 0 fully saturated rings. The van der Waals surface area contributed by atoms with Crippen LogP contribution in [0.2, 0.25) is 0 Å². The van der Waals surface area contributed by atoms with Crippen molar-refractivity contribution in [2.45, 2.75) is 19.9 Å². The van der Waals surface area contributed by atoms with Gasteiger partial charge in [-0.05, 0) is 19.9 Å². The van der Waals surface area contributed by atoms with Gasteiger partial charge in [-0.15, -0.1) is 0 Å². The van der Waals surface area contributed by atoms with Crippen LogP contribution in [0.5, 0.6) is 0 Å². The molecule has 0 bridgehead atoms. The van der Waals surface area contributed by atoms with Gasteiger partial charge in [0.1, 0.15) is 6.67 Å². The molecule has 1 amide bonds. The van der Waals surface area contributed by atoms with E-state index in [0.717, 1.165) is 0 Å². The maximum Gasteiger partial charge on any atom is 0.328 e. The van der Waals surface area contributed by atoms with Crippen molar-refractivity contribution in [1.29, 1.82) is 0 Å². The van der Waals surface area contributed by atoms with E-state index in [1.807, 2.05) is 0 Å². The quantitative estimate of drug-likeness (QED) is 0.866. The molecule has 0 saturated heterocycles. The van der Waals surface area contributed by atoms with Crippen LogP contribution in [0.3, 0.4) is 0 Å². The lowest BCUT2D eigenvalue weighted by Crippen LogP contribution is -2.42. The minimum absolute atomic E-state index is 0.239. The Kier molecular flexibility index (Phi) is 3.88. The van der Waals surface area contributed by atoms with E-state index in [2.05, 4.69) is 15.4 Å². The third-order valence-corrected chi connectivity index (χ3v) is 3.10. The van der Waals surface area contributed by atoms with Gasteiger partial charge in [-0.1, -0.05) is 0 Å². The maximum atomic E-state index is 12.6. The van der Waals surface area contributed by atoms with Crippen LogP contribution < -0.4 is 5.32 Å². The van der Waals surface area contributed by atoms with Gasteiger partial charge < -0.3 is 10.4 Å². The molecule has 21 heavy (non-hydrogen) atoms. The van der Waals surface area contributed by atoms with Gasteiger partial charge >= 0.3 is 5.97 Å². The molecule has 0 aliphatic rings. The summed E-state index contributed by atoms with van der Waals surface area (Å²) in [5, 5.41) is 15.7. The van der Waals surface area contributed by atoms with Crippen LogP contribution in [0.4, 0.5) is 4.39 Å². The van der Waals surface area contributed by atoms with E-state index >= 15 is 0 Å². The molecule has 2 rings (SSSR count). The number of rotatable bonds is 4. The highest BCUT2D eigenvalue weighted by atomic mass is 19.1. The van der Waals surface area contributed by atoms with Crippen LogP contribution >= 0.6 is 0 Å². The first-order valence-corrected chi connectivity index (χ1v) is 6.25. The van der Waals surface area contributed by atoms with E-state index in [-0.39, 0.29) is 5.56 Å². The van der Waals surface area contributed by atoms with Gasteiger partial charge in [-0.25, -0.2) is 14.2 Å². The molecule has 0 aliphatic carbocycles. The molecule has 7 nitrogen and oxygen atoms in total. The number of aliphatic carboxylic acids is 1. The molecule has 2 aromatic rings. The number of carboxylic acids is 1. The topological polar surface area (TPSA) is 97.1 Å². The lowest BCUT2D eigenvalue weighted by atomic mass is 10.1. The third-order valence-electron chi connectivity index (χ3n) is 3.10. The Morgan fingerprint density at radius 1 is 1.48 bits per heavy atom. The van der Waals surface area contributed by atoms with Crippen molar-refractivity contribution in [2.75, 3.05) is 6.67 Å². The van der Waals surface area contributed by atoms with Crippen LogP contribution in [0, 0.1) is 13.8 Å². The van der Waals surface area contributed by atoms with E-state index in [1.54, 1.807) is 20.9 Å². The van der Waals surface area contributed by atoms with Crippen molar-refractivity contribution in [1.82, 2.24) is 20.1 Å². The number of hydrogen-bond donors (Lipinski definition) is 2. The van der Waals surface area contributed by atoms with Crippen molar-refractivity contribution >= 4 is 22.9 Å². The number of aromatic nitrogens is 3. The number of amides is 1. The fourth-order valence-corrected chi connectivity index (χ4v) is 2.15. The molecule has 0 aromatic carbocycles. The number of alkyl halides is 1.